The Labute approximate surface area is 114 Å². The van der Waals surface area contributed by atoms with Crippen molar-refractivity contribution >= 4 is 5.84 Å². The van der Waals surface area contributed by atoms with Crippen molar-refractivity contribution in [1.29, 1.82) is 0 Å². The Balaban J connectivity index is 2.01. The molecule has 0 spiro atoms. The number of nitrogens with zero attached hydrogens (tertiary/aromatic N) is 2. The summed E-state index contributed by atoms with van der Waals surface area (Å²) in [6.07, 6.45) is 5.39. The SMILES string of the molecule is CCN(Cc1ccc(/C(N)=N/O)cc1)C1CCCC1. The van der Waals surface area contributed by atoms with E-state index in [-0.39, 0.29) is 5.84 Å². The molecule has 4 nitrogen and oxygen atoms in total. The number of hydrogen-bond acceptors (Lipinski definition) is 3. The monoisotopic (exact) mass is 261 g/mol. The summed E-state index contributed by atoms with van der Waals surface area (Å²) in [5.41, 5.74) is 7.60. The van der Waals surface area contributed by atoms with E-state index in [1.54, 1.807) is 0 Å². The number of nitrogens with two attached hydrogens (primary N) is 1. The molecule has 1 fully saturated rings. The number of amidine groups is 1. The molecule has 0 bridgehead atoms. The van der Waals surface area contributed by atoms with E-state index in [1.807, 2.05) is 12.1 Å². The van der Waals surface area contributed by atoms with Gasteiger partial charge in [-0.2, -0.15) is 0 Å². The molecular formula is C15H23N3O. The molecule has 0 unspecified atom stereocenters. The first kappa shape index (κ1) is 13.9. The molecule has 1 aromatic carbocycles. The minimum absolute atomic E-state index is 0.162. The van der Waals surface area contributed by atoms with Crippen LogP contribution in [0.4, 0.5) is 0 Å². The van der Waals surface area contributed by atoms with Gasteiger partial charge in [0.1, 0.15) is 0 Å². The van der Waals surface area contributed by atoms with E-state index in [2.05, 4.69) is 29.1 Å². The molecule has 0 radical (unpaired) electrons. The van der Waals surface area contributed by atoms with Crippen LogP contribution in [0.15, 0.2) is 29.4 Å². The molecule has 0 aliphatic heterocycles. The number of rotatable bonds is 5. The lowest BCUT2D eigenvalue weighted by Crippen LogP contribution is -2.32. The molecule has 0 saturated heterocycles. The third kappa shape index (κ3) is 3.47. The molecule has 2 rings (SSSR count). The Kier molecular flexibility index (Phi) is 4.80. The minimum atomic E-state index is 0.162. The van der Waals surface area contributed by atoms with E-state index in [1.165, 1.54) is 31.2 Å². The van der Waals surface area contributed by atoms with Gasteiger partial charge in [0, 0.05) is 18.2 Å². The number of hydrogen-bond donors (Lipinski definition) is 2. The van der Waals surface area contributed by atoms with Gasteiger partial charge in [-0.15, -0.1) is 0 Å². The maximum atomic E-state index is 8.64. The van der Waals surface area contributed by atoms with Gasteiger partial charge in [0.25, 0.3) is 0 Å². The standard InChI is InChI=1S/C15H23N3O/c1-2-18(14-5-3-4-6-14)11-12-7-9-13(10-8-12)15(16)17-19/h7-10,14,19H,2-6,11H2,1H3,(H2,16,17). The smallest absolute Gasteiger partial charge is 0.170 e. The molecule has 0 aromatic heterocycles. The molecule has 0 atom stereocenters. The van der Waals surface area contributed by atoms with Crippen LogP contribution in [0.1, 0.15) is 43.7 Å². The van der Waals surface area contributed by atoms with Gasteiger partial charge in [0.05, 0.1) is 0 Å². The van der Waals surface area contributed by atoms with Crippen LogP contribution in [0.3, 0.4) is 0 Å². The Morgan fingerprint density at radius 1 is 1.32 bits per heavy atom. The van der Waals surface area contributed by atoms with E-state index in [9.17, 15) is 0 Å². The molecule has 1 aliphatic carbocycles. The lowest BCUT2D eigenvalue weighted by molar-refractivity contribution is 0.200. The summed E-state index contributed by atoms with van der Waals surface area (Å²) < 4.78 is 0. The maximum Gasteiger partial charge on any atom is 0.170 e. The van der Waals surface area contributed by atoms with E-state index < -0.39 is 0 Å². The largest absolute Gasteiger partial charge is 0.409 e. The first-order chi connectivity index (χ1) is 9.24. The summed E-state index contributed by atoms with van der Waals surface area (Å²) in [6, 6.07) is 8.68. The third-order valence-corrected chi connectivity index (χ3v) is 3.99. The van der Waals surface area contributed by atoms with Crippen molar-refractivity contribution in [1.82, 2.24) is 4.90 Å². The van der Waals surface area contributed by atoms with Crippen molar-refractivity contribution in [3.8, 4) is 0 Å². The van der Waals surface area contributed by atoms with Crippen molar-refractivity contribution in [2.75, 3.05) is 6.54 Å². The van der Waals surface area contributed by atoms with Crippen LogP contribution >= 0.6 is 0 Å². The number of oxime groups is 1. The topological polar surface area (TPSA) is 61.8 Å². The van der Waals surface area contributed by atoms with Crippen LogP contribution in [0.2, 0.25) is 0 Å². The lowest BCUT2D eigenvalue weighted by atomic mass is 10.1. The highest BCUT2D eigenvalue weighted by atomic mass is 16.4. The quantitative estimate of drug-likeness (QED) is 0.370. The van der Waals surface area contributed by atoms with Gasteiger partial charge in [0.2, 0.25) is 0 Å². The van der Waals surface area contributed by atoms with E-state index in [0.717, 1.165) is 24.7 Å². The van der Waals surface area contributed by atoms with Gasteiger partial charge in [-0.05, 0) is 24.9 Å². The Bertz CT molecular complexity index is 422. The molecule has 4 heteroatoms. The summed E-state index contributed by atoms with van der Waals surface area (Å²) in [5.74, 6) is 0.162. The van der Waals surface area contributed by atoms with Crippen LogP contribution in [-0.2, 0) is 6.54 Å². The molecule has 19 heavy (non-hydrogen) atoms. The number of benzene rings is 1. The highest BCUT2D eigenvalue weighted by Crippen LogP contribution is 2.24. The van der Waals surface area contributed by atoms with E-state index >= 15 is 0 Å². The summed E-state index contributed by atoms with van der Waals surface area (Å²) in [4.78, 5) is 2.55. The van der Waals surface area contributed by atoms with Crippen molar-refractivity contribution in [3.05, 3.63) is 35.4 Å². The summed E-state index contributed by atoms with van der Waals surface area (Å²) >= 11 is 0. The molecular weight excluding hydrogens is 238 g/mol. The van der Waals surface area contributed by atoms with Crippen LogP contribution in [0.25, 0.3) is 0 Å². The van der Waals surface area contributed by atoms with Crippen LogP contribution in [0, 0.1) is 0 Å². The van der Waals surface area contributed by atoms with Crippen molar-refractivity contribution in [2.45, 2.75) is 45.2 Å². The van der Waals surface area contributed by atoms with Gasteiger partial charge in [-0.3, -0.25) is 4.90 Å². The highest BCUT2D eigenvalue weighted by Gasteiger charge is 2.21. The fourth-order valence-corrected chi connectivity index (χ4v) is 2.84. The zero-order valence-electron chi connectivity index (χ0n) is 11.5. The maximum absolute atomic E-state index is 8.64. The fourth-order valence-electron chi connectivity index (χ4n) is 2.84. The van der Waals surface area contributed by atoms with E-state index in [4.69, 9.17) is 10.9 Å². The van der Waals surface area contributed by atoms with Crippen molar-refractivity contribution < 1.29 is 5.21 Å². The molecule has 0 heterocycles. The zero-order valence-corrected chi connectivity index (χ0v) is 11.5. The van der Waals surface area contributed by atoms with Crippen molar-refractivity contribution in [3.63, 3.8) is 0 Å². The Hall–Kier alpha value is -1.55. The summed E-state index contributed by atoms with van der Waals surface area (Å²) in [7, 11) is 0. The first-order valence-electron chi connectivity index (χ1n) is 7.05. The van der Waals surface area contributed by atoms with Gasteiger partial charge < -0.3 is 10.9 Å². The summed E-state index contributed by atoms with van der Waals surface area (Å²) in [5, 5.41) is 11.7. The predicted octanol–water partition coefficient (Wildman–Crippen LogP) is 2.55. The normalized spacial score (nSPS) is 17.3. The van der Waals surface area contributed by atoms with Crippen LogP contribution < -0.4 is 5.73 Å². The average molecular weight is 261 g/mol. The molecule has 1 aliphatic rings. The molecule has 0 amide bonds. The molecule has 104 valence electrons. The highest BCUT2D eigenvalue weighted by molar-refractivity contribution is 5.96. The Morgan fingerprint density at radius 2 is 1.95 bits per heavy atom. The summed E-state index contributed by atoms with van der Waals surface area (Å²) in [6.45, 7) is 4.30. The van der Waals surface area contributed by atoms with Crippen LogP contribution in [0.5, 0.6) is 0 Å². The fraction of sp³-hybridized carbons (Fsp3) is 0.533. The molecule has 3 N–H and O–H groups in total. The van der Waals surface area contributed by atoms with Gasteiger partial charge in [-0.1, -0.05) is 49.2 Å². The predicted molar refractivity (Wildman–Crippen MR) is 77.3 cm³/mol. The second-order valence-corrected chi connectivity index (χ2v) is 5.18. The zero-order chi connectivity index (χ0) is 13.7. The average Bonchev–Trinajstić information content (AvgIpc) is 2.98. The van der Waals surface area contributed by atoms with E-state index in [0.29, 0.717) is 0 Å². The third-order valence-electron chi connectivity index (χ3n) is 3.99. The van der Waals surface area contributed by atoms with Crippen LogP contribution in [-0.4, -0.2) is 28.5 Å². The molecule has 1 saturated carbocycles. The Morgan fingerprint density at radius 3 is 2.47 bits per heavy atom. The second-order valence-electron chi connectivity index (χ2n) is 5.18. The minimum Gasteiger partial charge on any atom is -0.409 e. The molecule has 1 aromatic rings. The van der Waals surface area contributed by atoms with Gasteiger partial charge in [-0.25, -0.2) is 0 Å². The second kappa shape index (κ2) is 6.57. The van der Waals surface area contributed by atoms with Gasteiger partial charge >= 0.3 is 0 Å². The van der Waals surface area contributed by atoms with Gasteiger partial charge in [0.15, 0.2) is 5.84 Å². The van der Waals surface area contributed by atoms with Crippen molar-refractivity contribution in [2.24, 2.45) is 10.9 Å². The first-order valence-corrected chi connectivity index (χ1v) is 7.05. The lowest BCUT2D eigenvalue weighted by Gasteiger charge is -2.27.